The minimum absolute atomic E-state index is 0.355. The highest BCUT2D eigenvalue weighted by atomic mass is 19.3. The molecule has 1 aliphatic heterocycles. The van der Waals surface area contributed by atoms with Crippen molar-refractivity contribution in [1.29, 1.82) is 0 Å². The highest BCUT2D eigenvalue weighted by Crippen LogP contribution is 2.27. The molecule has 1 N–H and O–H groups in total. The van der Waals surface area contributed by atoms with Crippen LogP contribution in [0.1, 0.15) is 19.3 Å². The zero-order valence-corrected chi connectivity index (χ0v) is 6.22. The minimum atomic E-state index is -3.06. The van der Waals surface area contributed by atoms with Crippen LogP contribution in [-0.4, -0.2) is 30.3 Å². The van der Waals surface area contributed by atoms with Gasteiger partial charge in [0.05, 0.1) is 0 Å². The highest BCUT2D eigenvalue weighted by Gasteiger charge is 2.40. The first kappa shape index (κ1) is 8.87. The number of rotatable bonds is 2. The molecule has 11 heavy (non-hydrogen) atoms. The molecule has 2 nitrogen and oxygen atoms in total. The number of halogens is 2. The Morgan fingerprint density at radius 2 is 2.18 bits per heavy atom. The third kappa shape index (κ3) is 2.10. The van der Waals surface area contributed by atoms with Gasteiger partial charge in [0.1, 0.15) is 12.7 Å². The Hall–Kier alpha value is -0.220. The summed E-state index contributed by atoms with van der Waals surface area (Å²) in [4.78, 5) is 0. The summed E-state index contributed by atoms with van der Waals surface area (Å²) in [6, 6.07) is 0. The second-order valence-corrected chi connectivity index (χ2v) is 2.77. The summed E-state index contributed by atoms with van der Waals surface area (Å²) >= 11 is 0. The Balaban J connectivity index is 2.43. The Labute approximate surface area is 64.2 Å². The summed E-state index contributed by atoms with van der Waals surface area (Å²) in [5.74, 6) is -3.06. The molecule has 4 heteroatoms. The molecule has 0 bridgehead atoms. The van der Waals surface area contributed by atoms with Crippen LogP contribution in [0.2, 0.25) is 0 Å². The maximum atomic E-state index is 12.7. The van der Waals surface area contributed by atoms with Crippen LogP contribution in [0.4, 0.5) is 8.78 Å². The first-order chi connectivity index (χ1) is 5.17. The lowest BCUT2D eigenvalue weighted by Crippen LogP contribution is -2.41. The van der Waals surface area contributed by atoms with E-state index >= 15 is 0 Å². The van der Waals surface area contributed by atoms with E-state index < -0.39 is 18.6 Å². The largest absolute Gasteiger partial charge is 0.390 e. The molecule has 1 saturated heterocycles. The van der Waals surface area contributed by atoms with E-state index in [0.717, 1.165) is 12.8 Å². The smallest absolute Gasteiger partial charge is 0.296 e. The predicted molar refractivity (Wildman–Crippen MR) is 35.6 cm³/mol. The molecule has 0 aromatic rings. The van der Waals surface area contributed by atoms with Crippen LogP contribution in [0.5, 0.6) is 0 Å². The SMILES string of the molecule is OCC(F)(F)C1CCCCO1. The van der Waals surface area contributed by atoms with E-state index in [-0.39, 0.29) is 0 Å². The first-order valence-electron chi connectivity index (χ1n) is 3.77. The number of aliphatic hydroxyl groups is 1. The molecule has 1 rings (SSSR count). The van der Waals surface area contributed by atoms with E-state index in [1.165, 1.54) is 0 Å². The van der Waals surface area contributed by atoms with Crippen LogP contribution in [-0.2, 0) is 4.74 Å². The summed E-state index contributed by atoms with van der Waals surface area (Å²) in [5, 5.41) is 8.32. The van der Waals surface area contributed by atoms with E-state index in [2.05, 4.69) is 0 Å². The van der Waals surface area contributed by atoms with Gasteiger partial charge in [0.15, 0.2) is 0 Å². The molecule has 1 atom stereocenters. The molecule has 0 saturated carbocycles. The molecule has 1 unspecified atom stereocenters. The lowest BCUT2D eigenvalue weighted by Gasteiger charge is -2.28. The van der Waals surface area contributed by atoms with Gasteiger partial charge in [-0.1, -0.05) is 0 Å². The van der Waals surface area contributed by atoms with E-state index in [1.54, 1.807) is 0 Å². The van der Waals surface area contributed by atoms with Crippen molar-refractivity contribution in [3.8, 4) is 0 Å². The third-order valence-electron chi connectivity index (χ3n) is 1.86. The van der Waals surface area contributed by atoms with Gasteiger partial charge in [-0.25, -0.2) is 8.78 Å². The Bertz CT molecular complexity index is 122. The van der Waals surface area contributed by atoms with Crippen molar-refractivity contribution < 1.29 is 18.6 Å². The summed E-state index contributed by atoms with van der Waals surface area (Å²) in [7, 11) is 0. The molecule has 0 aromatic carbocycles. The number of hydrogen-bond donors (Lipinski definition) is 1. The fourth-order valence-electron chi connectivity index (χ4n) is 1.18. The van der Waals surface area contributed by atoms with E-state index in [9.17, 15) is 8.78 Å². The monoisotopic (exact) mass is 166 g/mol. The van der Waals surface area contributed by atoms with Crippen molar-refractivity contribution in [2.24, 2.45) is 0 Å². The molecular weight excluding hydrogens is 154 g/mol. The van der Waals surface area contributed by atoms with Gasteiger partial charge < -0.3 is 9.84 Å². The van der Waals surface area contributed by atoms with Crippen LogP contribution < -0.4 is 0 Å². The molecule has 66 valence electrons. The van der Waals surface area contributed by atoms with Gasteiger partial charge in [-0.15, -0.1) is 0 Å². The van der Waals surface area contributed by atoms with Crippen molar-refractivity contribution in [3.63, 3.8) is 0 Å². The topological polar surface area (TPSA) is 29.5 Å². The average molecular weight is 166 g/mol. The number of alkyl halides is 2. The zero-order chi connectivity index (χ0) is 8.32. The Morgan fingerprint density at radius 1 is 1.45 bits per heavy atom. The zero-order valence-electron chi connectivity index (χ0n) is 6.22. The van der Waals surface area contributed by atoms with Gasteiger partial charge >= 0.3 is 0 Å². The van der Waals surface area contributed by atoms with Crippen LogP contribution in [0.15, 0.2) is 0 Å². The van der Waals surface area contributed by atoms with Crippen molar-refractivity contribution >= 4 is 0 Å². The first-order valence-corrected chi connectivity index (χ1v) is 3.77. The third-order valence-corrected chi connectivity index (χ3v) is 1.86. The van der Waals surface area contributed by atoms with Gasteiger partial charge in [0.2, 0.25) is 0 Å². The summed E-state index contributed by atoms with van der Waals surface area (Å²) in [5.41, 5.74) is 0. The minimum Gasteiger partial charge on any atom is -0.390 e. The van der Waals surface area contributed by atoms with Gasteiger partial charge in [0, 0.05) is 6.61 Å². The van der Waals surface area contributed by atoms with Gasteiger partial charge in [-0.05, 0) is 19.3 Å². The molecular formula is C7H12F2O2. The fraction of sp³-hybridized carbons (Fsp3) is 1.00. The lowest BCUT2D eigenvalue weighted by atomic mass is 10.0. The Kier molecular flexibility index (Phi) is 2.78. The summed E-state index contributed by atoms with van der Waals surface area (Å²) in [6.45, 7) is -0.724. The van der Waals surface area contributed by atoms with E-state index in [0.29, 0.717) is 13.0 Å². The quantitative estimate of drug-likeness (QED) is 0.667. The summed E-state index contributed by atoms with van der Waals surface area (Å²) < 4.78 is 30.2. The standard InChI is InChI=1S/C7H12F2O2/c8-7(9,5-10)6-3-1-2-4-11-6/h6,10H,1-5H2. The van der Waals surface area contributed by atoms with E-state index in [1.807, 2.05) is 0 Å². The van der Waals surface area contributed by atoms with Gasteiger partial charge in [0.25, 0.3) is 5.92 Å². The molecule has 0 radical (unpaired) electrons. The van der Waals surface area contributed by atoms with Crippen LogP contribution in [0, 0.1) is 0 Å². The fourth-order valence-corrected chi connectivity index (χ4v) is 1.18. The maximum absolute atomic E-state index is 12.7. The molecule has 1 heterocycles. The molecule has 0 aromatic heterocycles. The van der Waals surface area contributed by atoms with Gasteiger partial charge in [-0.2, -0.15) is 0 Å². The number of ether oxygens (including phenoxy) is 1. The van der Waals surface area contributed by atoms with Crippen LogP contribution in [0.25, 0.3) is 0 Å². The molecule has 0 amide bonds. The van der Waals surface area contributed by atoms with Crippen LogP contribution in [0.3, 0.4) is 0 Å². The van der Waals surface area contributed by atoms with Crippen molar-refractivity contribution in [1.82, 2.24) is 0 Å². The molecule has 0 aliphatic carbocycles. The second kappa shape index (κ2) is 3.45. The van der Waals surface area contributed by atoms with Crippen molar-refractivity contribution in [2.75, 3.05) is 13.2 Å². The normalized spacial score (nSPS) is 27.0. The highest BCUT2D eigenvalue weighted by molar-refractivity contribution is 4.79. The Morgan fingerprint density at radius 3 is 2.64 bits per heavy atom. The maximum Gasteiger partial charge on any atom is 0.296 e. The number of aliphatic hydroxyl groups excluding tert-OH is 1. The molecule has 0 spiro atoms. The predicted octanol–water partition coefficient (Wildman–Crippen LogP) is 1.18. The molecule has 1 aliphatic rings. The van der Waals surface area contributed by atoms with Crippen LogP contribution >= 0.6 is 0 Å². The van der Waals surface area contributed by atoms with E-state index in [4.69, 9.17) is 9.84 Å². The van der Waals surface area contributed by atoms with Gasteiger partial charge in [-0.3, -0.25) is 0 Å². The molecule has 1 fully saturated rings. The summed E-state index contributed by atoms with van der Waals surface area (Å²) in [6.07, 6.45) is 0.896. The average Bonchev–Trinajstić information content (AvgIpc) is 2.06. The second-order valence-electron chi connectivity index (χ2n) is 2.77. The van der Waals surface area contributed by atoms with Crippen molar-refractivity contribution in [2.45, 2.75) is 31.3 Å². The number of hydrogen-bond acceptors (Lipinski definition) is 2. The van der Waals surface area contributed by atoms with Crippen molar-refractivity contribution in [3.05, 3.63) is 0 Å². The lowest BCUT2D eigenvalue weighted by molar-refractivity contribution is -0.172.